The molecule has 2 aliphatic heterocycles. The van der Waals surface area contributed by atoms with E-state index in [2.05, 4.69) is 16.8 Å². The van der Waals surface area contributed by atoms with Gasteiger partial charge in [-0.3, -0.25) is 9.59 Å². The number of pyridine rings is 1. The number of carbonyl (C=O) groups is 1. The lowest BCUT2D eigenvalue weighted by Gasteiger charge is -2.38. The van der Waals surface area contributed by atoms with E-state index in [-0.39, 0.29) is 11.5 Å². The molecule has 0 radical (unpaired) electrons. The third-order valence-electron chi connectivity index (χ3n) is 5.92. The van der Waals surface area contributed by atoms with Gasteiger partial charge in [-0.2, -0.15) is 5.26 Å². The Bertz CT molecular complexity index is 735. The van der Waals surface area contributed by atoms with Crippen LogP contribution in [0.4, 0.5) is 0 Å². The summed E-state index contributed by atoms with van der Waals surface area (Å²) in [5, 5.41) is 9.12. The number of nitrogens with one attached hydrogen (secondary N) is 1. The van der Waals surface area contributed by atoms with Gasteiger partial charge >= 0.3 is 0 Å². The number of hydrogen-bond donors (Lipinski definition) is 1. The highest BCUT2D eigenvalue weighted by molar-refractivity contribution is 5.95. The van der Waals surface area contributed by atoms with Crippen LogP contribution in [0.3, 0.4) is 0 Å². The molecule has 134 valence electrons. The molecule has 25 heavy (non-hydrogen) atoms. The summed E-state index contributed by atoms with van der Waals surface area (Å²) in [5.74, 6) is 0.547. The molecule has 1 aromatic rings. The van der Waals surface area contributed by atoms with Gasteiger partial charge in [-0.1, -0.05) is 0 Å². The zero-order chi connectivity index (χ0) is 18.0. The molecular formula is C19H26N4O2. The minimum atomic E-state index is -0.435. The van der Waals surface area contributed by atoms with Crippen molar-refractivity contribution in [1.29, 1.82) is 5.26 Å². The Morgan fingerprint density at radius 3 is 2.52 bits per heavy atom. The molecule has 0 unspecified atom stereocenters. The number of nitrogens with zero attached hydrogens (tertiary/aromatic N) is 3. The molecule has 6 nitrogen and oxygen atoms in total. The Morgan fingerprint density at radius 1 is 1.28 bits per heavy atom. The Labute approximate surface area is 148 Å². The summed E-state index contributed by atoms with van der Waals surface area (Å²) >= 11 is 0. The van der Waals surface area contributed by atoms with Crippen molar-refractivity contribution >= 4 is 5.91 Å². The van der Waals surface area contributed by atoms with Gasteiger partial charge in [-0.05, 0) is 64.1 Å². The van der Waals surface area contributed by atoms with Crippen LogP contribution in [0.15, 0.2) is 11.0 Å². The number of amides is 1. The normalized spacial score (nSPS) is 20.4. The summed E-state index contributed by atoms with van der Waals surface area (Å²) in [6.07, 6.45) is 6.07. The highest BCUT2D eigenvalue weighted by atomic mass is 16.2. The fraction of sp³-hybridized carbons (Fsp3) is 0.632. The molecule has 0 bridgehead atoms. The first-order valence-electron chi connectivity index (χ1n) is 9.18. The third-order valence-corrected chi connectivity index (χ3v) is 5.92. The molecule has 1 atom stereocenters. The van der Waals surface area contributed by atoms with Gasteiger partial charge in [0.15, 0.2) is 0 Å². The topological polar surface area (TPSA) is 80.2 Å². The van der Waals surface area contributed by atoms with Crippen molar-refractivity contribution in [3.05, 3.63) is 33.2 Å². The van der Waals surface area contributed by atoms with Gasteiger partial charge in [-0.15, -0.1) is 0 Å². The maximum atomic E-state index is 12.8. The Morgan fingerprint density at radius 2 is 1.92 bits per heavy atom. The van der Waals surface area contributed by atoms with Crippen molar-refractivity contribution in [2.45, 2.75) is 45.6 Å². The predicted molar refractivity (Wildman–Crippen MR) is 95.4 cm³/mol. The van der Waals surface area contributed by atoms with Crippen LogP contribution in [-0.2, 0) is 0 Å². The third kappa shape index (κ3) is 3.47. The Hall–Kier alpha value is -2.13. The van der Waals surface area contributed by atoms with E-state index in [1.54, 1.807) is 6.92 Å². The zero-order valence-corrected chi connectivity index (χ0v) is 15.0. The number of carbonyl (C=O) groups excluding carboxylic acids is 1. The van der Waals surface area contributed by atoms with Gasteiger partial charge in [0, 0.05) is 25.3 Å². The van der Waals surface area contributed by atoms with Crippen LogP contribution in [0, 0.1) is 24.2 Å². The largest absolute Gasteiger partial charge is 0.339 e. The number of aromatic amines is 1. The van der Waals surface area contributed by atoms with Crippen LogP contribution < -0.4 is 5.56 Å². The molecule has 6 heteroatoms. The van der Waals surface area contributed by atoms with Crippen LogP contribution in [0.1, 0.15) is 54.1 Å². The van der Waals surface area contributed by atoms with Crippen LogP contribution in [-0.4, -0.2) is 52.9 Å². The molecule has 2 fully saturated rings. The van der Waals surface area contributed by atoms with Crippen molar-refractivity contribution < 1.29 is 4.79 Å². The summed E-state index contributed by atoms with van der Waals surface area (Å²) in [6, 6.07) is 2.48. The summed E-state index contributed by atoms with van der Waals surface area (Å²) < 4.78 is 0. The molecular weight excluding hydrogens is 316 g/mol. The second kappa shape index (κ2) is 7.40. The summed E-state index contributed by atoms with van der Waals surface area (Å²) in [7, 11) is 0. The SMILES string of the molecule is Cc1c(C(=O)N2CCC([C@H](C)N3CCCC3)CC2)c[nH]c(=O)c1C#N. The van der Waals surface area contributed by atoms with Crippen molar-refractivity contribution in [3.63, 3.8) is 0 Å². The van der Waals surface area contributed by atoms with Crippen LogP contribution in [0.5, 0.6) is 0 Å². The minimum absolute atomic E-state index is 0.0309. The summed E-state index contributed by atoms with van der Waals surface area (Å²) in [4.78, 5) is 31.4. The molecule has 1 aromatic heterocycles. The van der Waals surface area contributed by atoms with Crippen molar-refractivity contribution in [1.82, 2.24) is 14.8 Å². The predicted octanol–water partition coefficient (Wildman–Crippen LogP) is 1.89. The number of likely N-dealkylation sites (tertiary alicyclic amines) is 2. The number of H-pyrrole nitrogens is 1. The maximum Gasteiger partial charge on any atom is 0.266 e. The van der Waals surface area contributed by atoms with Crippen molar-refractivity contribution in [2.24, 2.45) is 5.92 Å². The lowest BCUT2D eigenvalue weighted by molar-refractivity contribution is 0.0623. The van der Waals surface area contributed by atoms with Crippen LogP contribution >= 0.6 is 0 Å². The molecule has 2 aliphatic rings. The number of rotatable bonds is 3. The van der Waals surface area contributed by atoms with E-state index < -0.39 is 5.56 Å². The molecule has 0 saturated carbocycles. The quantitative estimate of drug-likeness (QED) is 0.910. The van der Waals surface area contributed by atoms with E-state index in [9.17, 15) is 9.59 Å². The number of piperidine rings is 1. The number of hydrogen-bond acceptors (Lipinski definition) is 4. The summed E-state index contributed by atoms with van der Waals surface area (Å²) in [6.45, 7) is 7.87. The first-order chi connectivity index (χ1) is 12.0. The second-order valence-electron chi connectivity index (χ2n) is 7.26. The molecule has 0 spiro atoms. The highest BCUT2D eigenvalue weighted by Crippen LogP contribution is 2.27. The van der Waals surface area contributed by atoms with E-state index in [1.807, 2.05) is 11.0 Å². The van der Waals surface area contributed by atoms with Gasteiger partial charge in [0.05, 0.1) is 5.56 Å². The van der Waals surface area contributed by atoms with E-state index >= 15 is 0 Å². The van der Waals surface area contributed by atoms with E-state index in [1.165, 1.54) is 32.1 Å². The van der Waals surface area contributed by atoms with Crippen LogP contribution in [0.25, 0.3) is 0 Å². The first-order valence-corrected chi connectivity index (χ1v) is 9.18. The maximum absolute atomic E-state index is 12.8. The number of aromatic nitrogens is 1. The van der Waals surface area contributed by atoms with Gasteiger partial charge in [-0.25, -0.2) is 0 Å². The Kier molecular flexibility index (Phi) is 5.24. The fourth-order valence-corrected chi connectivity index (χ4v) is 4.18. The molecule has 1 amide bonds. The number of nitriles is 1. The lowest BCUT2D eigenvalue weighted by Crippen LogP contribution is -2.45. The van der Waals surface area contributed by atoms with Gasteiger partial charge in [0.25, 0.3) is 11.5 Å². The molecule has 3 heterocycles. The van der Waals surface area contributed by atoms with Gasteiger partial charge in [0.1, 0.15) is 11.6 Å². The molecule has 0 aliphatic carbocycles. The average molecular weight is 342 g/mol. The highest BCUT2D eigenvalue weighted by Gasteiger charge is 2.31. The van der Waals surface area contributed by atoms with E-state index in [4.69, 9.17) is 5.26 Å². The molecule has 3 rings (SSSR count). The average Bonchev–Trinajstić information content (AvgIpc) is 3.16. The minimum Gasteiger partial charge on any atom is -0.339 e. The second-order valence-corrected chi connectivity index (χ2v) is 7.26. The van der Waals surface area contributed by atoms with Gasteiger partial charge < -0.3 is 14.8 Å². The molecule has 2 saturated heterocycles. The smallest absolute Gasteiger partial charge is 0.266 e. The zero-order valence-electron chi connectivity index (χ0n) is 15.0. The standard InChI is InChI=1S/C19H26N4O2/c1-13-16(11-20)18(24)21-12-17(13)19(25)23-9-5-15(6-10-23)14(2)22-7-3-4-8-22/h12,14-15H,3-10H2,1-2H3,(H,21,24)/t14-/m0/s1. The monoisotopic (exact) mass is 342 g/mol. The molecule has 0 aromatic carbocycles. The van der Waals surface area contributed by atoms with Crippen LogP contribution in [0.2, 0.25) is 0 Å². The lowest BCUT2D eigenvalue weighted by atomic mass is 9.89. The van der Waals surface area contributed by atoms with Crippen molar-refractivity contribution in [3.8, 4) is 6.07 Å². The Balaban J connectivity index is 1.66. The van der Waals surface area contributed by atoms with Gasteiger partial charge in [0.2, 0.25) is 0 Å². The molecule has 1 N–H and O–H groups in total. The van der Waals surface area contributed by atoms with E-state index in [0.717, 1.165) is 25.9 Å². The summed E-state index contributed by atoms with van der Waals surface area (Å²) in [5.41, 5.74) is 0.504. The fourth-order valence-electron chi connectivity index (χ4n) is 4.18. The first kappa shape index (κ1) is 17.7. The van der Waals surface area contributed by atoms with Crippen molar-refractivity contribution in [2.75, 3.05) is 26.2 Å². The van der Waals surface area contributed by atoms with E-state index in [0.29, 0.717) is 23.1 Å².